The first-order valence-electron chi connectivity index (χ1n) is 4.06. The summed E-state index contributed by atoms with van der Waals surface area (Å²) < 4.78 is 0. The Kier molecular flexibility index (Phi) is 2.51. The molecule has 4 nitrogen and oxygen atoms in total. The van der Waals surface area contributed by atoms with Gasteiger partial charge in [0, 0.05) is 17.3 Å². The summed E-state index contributed by atoms with van der Waals surface area (Å²) >= 11 is 0. The molecule has 13 heavy (non-hydrogen) atoms. The van der Waals surface area contributed by atoms with E-state index in [-0.39, 0.29) is 16.5 Å². The molecule has 1 aromatic carbocycles. The number of hydrogen-bond acceptors (Lipinski definition) is 3. The van der Waals surface area contributed by atoms with Gasteiger partial charge in [0.1, 0.15) is 0 Å². The number of benzene rings is 1. The van der Waals surface area contributed by atoms with Gasteiger partial charge >= 0.3 is 0 Å². The van der Waals surface area contributed by atoms with Crippen LogP contribution in [0.2, 0.25) is 0 Å². The SMILES string of the molecule is CC(C)c1cc(N)ccc1[N+](=O)[O-]. The lowest BCUT2D eigenvalue weighted by atomic mass is 10.0. The second kappa shape index (κ2) is 3.43. The predicted octanol–water partition coefficient (Wildman–Crippen LogP) is 2.30. The van der Waals surface area contributed by atoms with Crippen molar-refractivity contribution in [3.63, 3.8) is 0 Å². The molecule has 0 atom stereocenters. The highest BCUT2D eigenvalue weighted by Gasteiger charge is 2.15. The molecule has 0 heterocycles. The maximum atomic E-state index is 10.6. The van der Waals surface area contributed by atoms with E-state index in [1.54, 1.807) is 12.1 Å². The van der Waals surface area contributed by atoms with Crippen molar-refractivity contribution in [2.24, 2.45) is 0 Å². The van der Waals surface area contributed by atoms with Crippen LogP contribution >= 0.6 is 0 Å². The van der Waals surface area contributed by atoms with Gasteiger partial charge in [-0.25, -0.2) is 0 Å². The Morgan fingerprint density at radius 1 is 1.46 bits per heavy atom. The maximum Gasteiger partial charge on any atom is 0.272 e. The third kappa shape index (κ3) is 1.96. The molecule has 70 valence electrons. The summed E-state index contributed by atoms with van der Waals surface area (Å²) in [6.45, 7) is 3.81. The zero-order valence-electron chi connectivity index (χ0n) is 7.65. The van der Waals surface area contributed by atoms with Crippen molar-refractivity contribution in [1.29, 1.82) is 0 Å². The molecule has 0 spiro atoms. The van der Waals surface area contributed by atoms with E-state index in [4.69, 9.17) is 5.73 Å². The first-order chi connectivity index (χ1) is 6.02. The van der Waals surface area contributed by atoms with Crippen molar-refractivity contribution in [2.45, 2.75) is 19.8 Å². The maximum absolute atomic E-state index is 10.6. The zero-order chi connectivity index (χ0) is 10.0. The molecule has 4 heteroatoms. The fraction of sp³-hybridized carbons (Fsp3) is 0.333. The molecule has 0 fully saturated rings. The molecule has 0 aliphatic heterocycles. The molecule has 0 bridgehead atoms. The molecule has 0 amide bonds. The van der Waals surface area contributed by atoms with Crippen molar-refractivity contribution >= 4 is 11.4 Å². The number of anilines is 1. The average molecular weight is 180 g/mol. The summed E-state index contributed by atoms with van der Waals surface area (Å²) in [5, 5.41) is 10.6. The van der Waals surface area contributed by atoms with Crippen molar-refractivity contribution in [1.82, 2.24) is 0 Å². The van der Waals surface area contributed by atoms with Crippen molar-refractivity contribution in [3.05, 3.63) is 33.9 Å². The molecule has 1 rings (SSSR count). The first kappa shape index (κ1) is 9.51. The summed E-state index contributed by atoms with van der Waals surface area (Å²) in [5.74, 6) is 0.115. The Labute approximate surface area is 76.5 Å². The summed E-state index contributed by atoms with van der Waals surface area (Å²) in [4.78, 5) is 10.2. The molecule has 0 radical (unpaired) electrons. The number of nitrogen functional groups attached to an aromatic ring is 1. The van der Waals surface area contributed by atoms with Crippen molar-refractivity contribution in [3.8, 4) is 0 Å². The Bertz CT molecular complexity index is 334. The first-order valence-corrected chi connectivity index (χ1v) is 4.06. The van der Waals surface area contributed by atoms with Gasteiger partial charge in [-0.1, -0.05) is 13.8 Å². The molecule has 0 unspecified atom stereocenters. The van der Waals surface area contributed by atoms with Crippen LogP contribution in [0.25, 0.3) is 0 Å². The van der Waals surface area contributed by atoms with E-state index in [0.29, 0.717) is 11.3 Å². The van der Waals surface area contributed by atoms with Gasteiger partial charge in [-0.2, -0.15) is 0 Å². The fourth-order valence-electron chi connectivity index (χ4n) is 1.20. The van der Waals surface area contributed by atoms with Crippen LogP contribution in [0.5, 0.6) is 0 Å². The van der Waals surface area contributed by atoms with Crippen LogP contribution in [0, 0.1) is 10.1 Å². The van der Waals surface area contributed by atoms with E-state index in [1.165, 1.54) is 6.07 Å². The highest BCUT2D eigenvalue weighted by Crippen LogP contribution is 2.27. The lowest BCUT2D eigenvalue weighted by Crippen LogP contribution is -1.98. The van der Waals surface area contributed by atoms with Crippen LogP contribution in [0.15, 0.2) is 18.2 Å². The molecule has 0 aromatic heterocycles. The van der Waals surface area contributed by atoms with E-state index in [1.807, 2.05) is 13.8 Å². The van der Waals surface area contributed by atoms with Gasteiger partial charge < -0.3 is 5.73 Å². The largest absolute Gasteiger partial charge is 0.399 e. The normalized spacial score (nSPS) is 10.4. The minimum Gasteiger partial charge on any atom is -0.399 e. The van der Waals surface area contributed by atoms with Gasteiger partial charge in [0.05, 0.1) is 4.92 Å². The molecule has 0 aliphatic carbocycles. The number of nitrogens with zero attached hydrogens (tertiary/aromatic N) is 1. The lowest BCUT2D eigenvalue weighted by Gasteiger charge is -2.06. The smallest absolute Gasteiger partial charge is 0.272 e. The van der Waals surface area contributed by atoms with E-state index < -0.39 is 0 Å². The molecule has 0 saturated carbocycles. The highest BCUT2D eigenvalue weighted by molar-refractivity contribution is 5.52. The topological polar surface area (TPSA) is 69.2 Å². The summed E-state index contributed by atoms with van der Waals surface area (Å²) in [6.07, 6.45) is 0. The highest BCUT2D eigenvalue weighted by atomic mass is 16.6. The number of nitro groups is 1. The van der Waals surface area contributed by atoms with Gasteiger partial charge in [0.2, 0.25) is 0 Å². The lowest BCUT2D eigenvalue weighted by molar-refractivity contribution is -0.385. The van der Waals surface area contributed by atoms with Crippen LogP contribution in [0.3, 0.4) is 0 Å². The average Bonchev–Trinajstić information content (AvgIpc) is 2.03. The van der Waals surface area contributed by atoms with E-state index >= 15 is 0 Å². The molecule has 2 N–H and O–H groups in total. The number of hydrogen-bond donors (Lipinski definition) is 1. The molecule has 0 aliphatic rings. The van der Waals surface area contributed by atoms with Gasteiger partial charge in [0.25, 0.3) is 5.69 Å². The van der Waals surface area contributed by atoms with Gasteiger partial charge in [-0.3, -0.25) is 10.1 Å². The monoisotopic (exact) mass is 180 g/mol. The second-order valence-corrected chi connectivity index (χ2v) is 3.23. The third-order valence-electron chi connectivity index (χ3n) is 1.87. The van der Waals surface area contributed by atoms with Crippen LogP contribution in [-0.2, 0) is 0 Å². The minimum absolute atomic E-state index is 0.115. The standard InChI is InChI=1S/C9H12N2O2/c1-6(2)8-5-7(10)3-4-9(8)11(12)13/h3-6H,10H2,1-2H3. The van der Waals surface area contributed by atoms with Crippen molar-refractivity contribution < 1.29 is 4.92 Å². The van der Waals surface area contributed by atoms with Gasteiger partial charge in [0.15, 0.2) is 0 Å². The zero-order valence-corrected chi connectivity index (χ0v) is 7.65. The number of nitrogens with two attached hydrogens (primary N) is 1. The summed E-state index contributed by atoms with van der Waals surface area (Å²) in [5.41, 5.74) is 6.93. The quantitative estimate of drug-likeness (QED) is 0.431. The van der Waals surface area contributed by atoms with Crippen LogP contribution in [0.4, 0.5) is 11.4 Å². The molecule has 1 aromatic rings. The van der Waals surface area contributed by atoms with Crippen LogP contribution in [0.1, 0.15) is 25.3 Å². The molecular formula is C9H12N2O2. The van der Waals surface area contributed by atoms with Gasteiger partial charge in [-0.15, -0.1) is 0 Å². The number of rotatable bonds is 2. The Morgan fingerprint density at radius 3 is 2.54 bits per heavy atom. The van der Waals surface area contributed by atoms with E-state index in [2.05, 4.69) is 0 Å². The predicted molar refractivity (Wildman–Crippen MR) is 51.6 cm³/mol. The Morgan fingerprint density at radius 2 is 2.08 bits per heavy atom. The molecular weight excluding hydrogens is 168 g/mol. The molecule has 0 saturated heterocycles. The summed E-state index contributed by atoms with van der Waals surface area (Å²) in [7, 11) is 0. The van der Waals surface area contributed by atoms with E-state index in [9.17, 15) is 10.1 Å². The fourth-order valence-corrected chi connectivity index (χ4v) is 1.20. The third-order valence-corrected chi connectivity index (χ3v) is 1.87. The second-order valence-electron chi connectivity index (χ2n) is 3.23. The van der Waals surface area contributed by atoms with Crippen LogP contribution in [-0.4, -0.2) is 4.92 Å². The van der Waals surface area contributed by atoms with Crippen LogP contribution < -0.4 is 5.73 Å². The Hall–Kier alpha value is -1.58. The Balaban J connectivity index is 3.26. The number of nitro benzene ring substituents is 1. The van der Waals surface area contributed by atoms with Crippen molar-refractivity contribution in [2.75, 3.05) is 5.73 Å². The van der Waals surface area contributed by atoms with Gasteiger partial charge in [-0.05, 0) is 18.1 Å². The summed E-state index contributed by atoms with van der Waals surface area (Å²) in [6, 6.07) is 4.65. The van der Waals surface area contributed by atoms with E-state index in [0.717, 1.165) is 0 Å². The minimum atomic E-state index is -0.380.